The van der Waals surface area contributed by atoms with E-state index in [1.165, 1.54) is 16.7 Å². The van der Waals surface area contributed by atoms with Crippen molar-refractivity contribution in [1.82, 2.24) is 0 Å². The van der Waals surface area contributed by atoms with E-state index in [1.807, 2.05) is 42.5 Å². The van der Waals surface area contributed by atoms with Crippen molar-refractivity contribution in [3.05, 3.63) is 101 Å². The zero-order valence-corrected chi connectivity index (χ0v) is 19.7. The maximum absolute atomic E-state index is 12.5. The van der Waals surface area contributed by atoms with E-state index in [-0.39, 0.29) is 5.41 Å². The highest BCUT2D eigenvalue weighted by atomic mass is 35.5. The molecule has 2 N–H and O–H groups in total. The number of halogens is 1. The van der Waals surface area contributed by atoms with Crippen molar-refractivity contribution in [2.75, 3.05) is 11.9 Å². The normalized spacial score (nSPS) is 23.3. The molecule has 0 bridgehead atoms. The fourth-order valence-corrected chi connectivity index (χ4v) is 5.78. The van der Waals surface area contributed by atoms with E-state index in [4.69, 9.17) is 16.3 Å². The highest BCUT2D eigenvalue weighted by molar-refractivity contribution is 6.30. The summed E-state index contributed by atoms with van der Waals surface area (Å²) in [5.74, 6) is 0.0541. The molecule has 3 aromatic rings. The SMILES string of the molecule is O=C(O)C1(Nc2cccc(Cl)c2)CCC2(CC1)C(CCOc1ccccc1)=Cc1ccccc12. The molecule has 2 aliphatic carbocycles. The molecule has 1 fully saturated rings. The van der Waals surface area contributed by atoms with Gasteiger partial charge in [0.2, 0.25) is 0 Å². The van der Waals surface area contributed by atoms with Crippen LogP contribution in [0.3, 0.4) is 0 Å². The summed E-state index contributed by atoms with van der Waals surface area (Å²) in [5, 5.41) is 14.2. The van der Waals surface area contributed by atoms with Crippen molar-refractivity contribution in [2.45, 2.75) is 43.1 Å². The van der Waals surface area contributed by atoms with Crippen LogP contribution < -0.4 is 10.1 Å². The van der Waals surface area contributed by atoms with Gasteiger partial charge >= 0.3 is 5.97 Å². The Labute approximate surface area is 205 Å². The molecule has 0 unspecified atom stereocenters. The van der Waals surface area contributed by atoms with Crippen LogP contribution in [0.4, 0.5) is 5.69 Å². The van der Waals surface area contributed by atoms with E-state index in [0.29, 0.717) is 24.5 Å². The molecule has 0 radical (unpaired) electrons. The Kier molecular flexibility index (Phi) is 6.09. The highest BCUT2D eigenvalue weighted by Gasteiger charge is 2.51. The first-order chi connectivity index (χ1) is 16.5. The Morgan fingerprint density at radius 1 is 0.941 bits per heavy atom. The van der Waals surface area contributed by atoms with Crippen LogP contribution in [-0.2, 0) is 10.2 Å². The lowest BCUT2D eigenvalue weighted by molar-refractivity contribution is -0.143. The number of carboxylic acids is 1. The van der Waals surface area contributed by atoms with Gasteiger partial charge in [0.15, 0.2) is 0 Å². The van der Waals surface area contributed by atoms with Gasteiger partial charge in [0.1, 0.15) is 11.3 Å². The molecule has 0 saturated heterocycles. The van der Waals surface area contributed by atoms with Crippen molar-refractivity contribution in [2.24, 2.45) is 0 Å². The number of carboxylic acid groups (broad SMARTS) is 1. The lowest BCUT2D eigenvalue weighted by Crippen LogP contribution is -2.52. The van der Waals surface area contributed by atoms with Gasteiger partial charge in [-0.25, -0.2) is 4.79 Å². The fourth-order valence-electron chi connectivity index (χ4n) is 5.59. The molecule has 0 heterocycles. The quantitative estimate of drug-likeness (QED) is 0.389. The van der Waals surface area contributed by atoms with E-state index in [2.05, 4.69) is 35.7 Å². The molecule has 3 aromatic carbocycles. The van der Waals surface area contributed by atoms with Gasteiger partial charge in [-0.05, 0) is 67.1 Å². The van der Waals surface area contributed by atoms with Gasteiger partial charge in [-0.1, -0.05) is 71.8 Å². The van der Waals surface area contributed by atoms with Crippen LogP contribution in [0.2, 0.25) is 5.02 Å². The maximum atomic E-state index is 12.5. The van der Waals surface area contributed by atoms with Crippen molar-refractivity contribution >= 4 is 29.3 Å². The Morgan fingerprint density at radius 3 is 2.41 bits per heavy atom. The lowest BCUT2D eigenvalue weighted by Gasteiger charge is -2.45. The standard InChI is InChI=1S/C29H28ClNO3/c30-23-8-6-9-24(20-23)31-29(27(32)33)16-14-28(15-17-29)22(19-21-7-4-5-12-26(21)28)13-18-34-25-10-2-1-3-11-25/h1-12,19-20,31H,13-18H2,(H,32,33). The molecule has 174 valence electrons. The Hall–Kier alpha value is -3.24. The summed E-state index contributed by atoms with van der Waals surface area (Å²) in [5.41, 5.74) is 3.47. The summed E-state index contributed by atoms with van der Waals surface area (Å²) in [6.45, 7) is 0.594. The minimum atomic E-state index is -1.01. The molecule has 1 spiro atoms. The lowest BCUT2D eigenvalue weighted by atomic mass is 9.62. The second kappa shape index (κ2) is 9.19. The monoisotopic (exact) mass is 473 g/mol. The first-order valence-corrected chi connectivity index (χ1v) is 12.1. The molecular formula is C29H28ClNO3. The smallest absolute Gasteiger partial charge is 0.329 e. The molecule has 34 heavy (non-hydrogen) atoms. The predicted octanol–water partition coefficient (Wildman–Crippen LogP) is 6.95. The predicted molar refractivity (Wildman–Crippen MR) is 137 cm³/mol. The van der Waals surface area contributed by atoms with Crippen LogP contribution in [-0.4, -0.2) is 23.2 Å². The molecule has 2 aliphatic rings. The number of nitrogens with one attached hydrogen (secondary N) is 1. The van der Waals surface area contributed by atoms with Crippen LogP contribution in [0, 0.1) is 0 Å². The third kappa shape index (κ3) is 4.19. The number of anilines is 1. The number of hydrogen-bond donors (Lipinski definition) is 2. The maximum Gasteiger partial charge on any atom is 0.329 e. The number of carbonyl (C=O) groups is 1. The van der Waals surface area contributed by atoms with Gasteiger partial charge in [-0.2, -0.15) is 0 Å². The molecule has 4 nitrogen and oxygen atoms in total. The number of hydrogen-bond acceptors (Lipinski definition) is 3. The van der Waals surface area contributed by atoms with Crippen LogP contribution in [0.15, 0.2) is 84.4 Å². The zero-order chi connectivity index (χ0) is 23.6. The number of para-hydroxylation sites is 1. The first-order valence-electron chi connectivity index (χ1n) is 11.8. The van der Waals surface area contributed by atoms with Gasteiger partial charge in [0, 0.05) is 22.5 Å². The second-order valence-electron chi connectivity index (χ2n) is 9.27. The summed E-state index contributed by atoms with van der Waals surface area (Å²) in [4.78, 5) is 12.5. The molecule has 0 aliphatic heterocycles. The largest absolute Gasteiger partial charge is 0.493 e. The van der Waals surface area contributed by atoms with Crippen molar-refractivity contribution in [1.29, 1.82) is 0 Å². The van der Waals surface area contributed by atoms with Crippen molar-refractivity contribution in [3.8, 4) is 5.75 Å². The fraction of sp³-hybridized carbons (Fsp3) is 0.276. The summed E-state index contributed by atoms with van der Waals surface area (Å²) >= 11 is 6.15. The number of aliphatic carboxylic acids is 1. The van der Waals surface area contributed by atoms with Crippen molar-refractivity contribution in [3.63, 3.8) is 0 Å². The van der Waals surface area contributed by atoms with E-state index < -0.39 is 11.5 Å². The van der Waals surface area contributed by atoms with Gasteiger partial charge < -0.3 is 15.2 Å². The minimum absolute atomic E-state index is 0.147. The van der Waals surface area contributed by atoms with E-state index in [9.17, 15) is 9.90 Å². The van der Waals surface area contributed by atoms with Crippen LogP contribution >= 0.6 is 11.6 Å². The minimum Gasteiger partial charge on any atom is -0.493 e. The molecule has 5 heteroatoms. The molecule has 0 atom stereocenters. The Morgan fingerprint density at radius 2 is 1.68 bits per heavy atom. The summed E-state index contributed by atoms with van der Waals surface area (Å²) in [7, 11) is 0. The molecular weight excluding hydrogens is 446 g/mol. The van der Waals surface area contributed by atoms with Gasteiger partial charge in [0.25, 0.3) is 0 Å². The number of benzene rings is 3. The Balaban J connectivity index is 1.37. The number of ether oxygens (including phenoxy) is 1. The third-order valence-electron chi connectivity index (χ3n) is 7.38. The summed E-state index contributed by atoms with van der Waals surface area (Å²) in [6, 6.07) is 25.7. The Bertz CT molecular complexity index is 1210. The average Bonchev–Trinajstić information content (AvgIpc) is 3.14. The topological polar surface area (TPSA) is 58.6 Å². The van der Waals surface area contributed by atoms with E-state index in [1.54, 1.807) is 12.1 Å². The average molecular weight is 474 g/mol. The van der Waals surface area contributed by atoms with Crippen LogP contribution in [0.1, 0.15) is 43.2 Å². The highest BCUT2D eigenvalue weighted by Crippen LogP contribution is 2.54. The van der Waals surface area contributed by atoms with Crippen LogP contribution in [0.5, 0.6) is 5.75 Å². The van der Waals surface area contributed by atoms with Gasteiger partial charge in [-0.3, -0.25) is 0 Å². The summed E-state index contributed by atoms with van der Waals surface area (Å²) < 4.78 is 6.01. The first kappa shape index (κ1) is 22.5. The molecule has 0 aromatic heterocycles. The number of fused-ring (bicyclic) bond motifs is 2. The molecule has 0 amide bonds. The zero-order valence-electron chi connectivity index (χ0n) is 19.0. The van der Waals surface area contributed by atoms with E-state index >= 15 is 0 Å². The summed E-state index contributed by atoms with van der Waals surface area (Å²) in [6.07, 6.45) is 5.69. The van der Waals surface area contributed by atoms with Crippen LogP contribution in [0.25, 0.3) is 6.08 Å². The van der Waals surface area contributed by atoms with Crippen molar-refractivity contribution < 1.29 is 14.6 Å². The van der Waals surface area contributed by atoms with E-state index in [0.717, 1.165) is 30.7 Å². The van der Waals surface area contributed by atoms with Gasteiger partial charge in [-0.15, -0.1) is 0 Å². The molecule has 1 saturated carbocycles. The van der Waals surface area contributed by atoms with Gasteiger partial charge in [0.05, 0.1) is 6.61 Å². The molecule has 5 rings (SSSR count). The second-order valence-corrected chi connectivity index (χ2v) is 9.71. The number of rotatable bonds is 7. The third-order valence-corrected chi connectivity index (χ3v) is 7.61.